The Balaban J connectivity index is 1.45. The third-order valence-corrected chi connectivity index (χ3v) is 7.99. The lowest BCUT2D eigenvalue weighted by Gasteiger charge is -2.21. The van der Waals surface area contributed by atoms with E-state index in [9.17, 15) is 13.2 Å². The van der Waals surface area contributed by atoms with Crippen molar-refractivity contribution in [2.45, 2.75) is 43.0 Å². The number of sulfonamides is 1. The second-order valence-electron chi connectivity index (χ2n) is 7.04. The summed E-state index contributed by atoms with van der Waals surface area (Å²) in [6.45, 7) is 1.84. The Hall–Kier alpha value is -1.84. The molecule has 2 bridgehead atoms. The zero-order valence-electron chi connectivity index (χ0n) is 14.3. The van der Waals surface area contributed by atoms with E-state index < -0.39 is 10.0 Å². The number of nitrogens with one attached hydrogen (secondary N) is 2. The predicted octanol–water partition coefficient (Wildman–Crippen LogP) is 2.57. The smallest absolute Gasteiger partial charge is 0.270 e. The van der Waals surface area contributed by atoms with E-state index in [-0.39, 0.29) is 21.4 Å². The van der Waals surface area contributed by atoms with E-state index in [1.807, 2.05) is 19.1 Å². The topological polar surface area (TPSA) is 101 Å². The number of aryl methyl sites for hydroxylation is 1. The molecule has 2 aromatic rings. The van der Waals surface area contributed by atoms with E-state index in [2.05, 4.69) is 20.2 Å². The quantitative estimate of drug-likeness (QED) is 0.762. The van der Waals surface area contributed by atoms with Crippen LogP contribution in [0.5, 0.6) is 0 Å². The van der Waals surface area contributed by atoms with Gasteiger partial charge in [0, 0.05) is 11.6 Å². The summed E-state index contributed by atoms with van der Waals surface area (Å²) in [5, 5.41) is 10.4. The van der Waals surface area contributed by atoms with Gasteiger partial charge < -0.3 is 0 Å². The van der Waals surface area contributed by atoms with Gasteiger partial charge in [0.05, 0.1) is 0 Å². The summed E-state index contributed by atoms with van der Waals surface area (Å²) in [5.41, 5.74) is 1.35. The van der Waals surface area contributed by atoms with E-state index in [4.69, 9.17) is 0 Å². The van der Waals surface area contributed by atoms with Gasteiger partial charge in [-0.2, -0.15) is 0 Å². The molecular formula is C17H20N4O3S2. The van der Waals surface area contributed by atoms with Crippen molar-refractivity contribution in [2.24, 2.45) is 11.8 Å². The number of benzene rings is 1. The number of amides is 1. The van der Waals surface area contributed by atoms with E-state index in [0.717, 1.165) is 36.2 Å². The van der Waals surface area contributed by atoms with Gasteiger partial charge in [-0.1, -0.05) is 36.0 Å². The molecule has 0 aliphatic heterocycles. The fourth-order valence-electron chi connectivity index (χ4n) is 4.00. The van der Waals surface area contributed by atoms with Crippen LogP contribution in [0, 0.1) is 18.8 Å². The Morgan fingerprint density at radius 3 is 2.69 bits per heavy atom. The molecule has 2 N–H and O–H groups in total. The average Bonchev–Trinajstić information content (AvgIpc) is 3.31. The van der Waals surface area contributed by atoms with Gasteiger partial charge in [0.25, 0.3) is 15.9 Å². The number of carbonyl (C=O) groups is 1. The summed E-state index contributed by atoms with van der Waals surface area (Å²) in [5.74, 6) is 0.748. The van der Waals surface area contributed by atoms with Crippen LogP contribution in [-0.4, -0.2) is 30.6 Å². The highest BCUT2D eigenvalue weighted by Gasteiger charge is 2.41. The molecule has 138 valence electrons. The molecule has 3 atom stereocenters. The number of hydrogen-bond donors (Lipinski definition) is 2. The fraction of sp³-hybridized carbons (Fsp3) is 0.471. The van der Waals surface area contributed by atoms with Crippen molar-refractivity contribution in [2.75, 3.05) is 5.32 Å². The highest BCUT2D eigenvalue weighted by molar-refractivity contribution is 7.91. The second kappa shape index (κ2) is 6.71. The number of nitrogens with zero attached hydrogens (tertiary/aromatic N) is 2. The van der Waals surface area contributed by atoms with Gasteiger partial charge in [-0.25, -0.2) is 13.1 Å². The Bertz CT molecular complexity index is 941. The summed E-state index contributed by atoms with van der Waals surface area (Å²) in [4.78, 5) is 12.3. The molecule has 1 aromatic carbocycles. The van der Waals surface area contributed by atoms with Crippen molar-refractivity contribution in [3.63, 3.8) is 0 Å². The molecule has 1 amide bonds. The van der Waals surface area contributed by atoms with Crippen molar-refractivity contribution in [1.29, 1.82) is 0 Å². The summed E-state index contributed by atoms with van der Waals surface area (Å²) < 4.78 is 27.8. The highest BCUT2D eigenvalue weighted by atomic mass is 32.2. The monoisotopic (exact) mass is 392 g/mol. The fourth-order valence-corrected chi connectivity index (χ4v) is 6.23. The first-order valence-electron chi connectivity index (χ1n) is 8.65. The van der Waals surface area contributed by atoms with Crippen LogP contribution in [0.3, 0.4) is 0 Å². The highest BCUT2D eigenvalue weighted by Crippen LogP contribution is 2.44. The van der Waals surface area contributed by atoms with E-state index in [1.165, 1.54) is 6.42 Å². The maximum Gasteiger partial charge on any atom is 0.270 e. The largest absolute Gasteiger partial charge is 0.296 e. The molecule has 0 radical (unpaired) electrons. The molecule has 7 nitrogen and oxygen atoms in total. The first kappa shape index (κ1) is 17.6. The van der Waals surface area contributed by atoms with Gasteiger partial charge in [-0.15, -0.1) is 10.2 Å². The summed E-state index contributed by atoms with van der Waals surface area (Å²) in [6.07, 6.45) is 4.31. The van der Waals surface area contributed by atoms with Crippen LogP contribution >= 0.6 is 11.3 Å². The molecule has 0 unspecified atom stereocenters. The maximum atomic E-state index is 12.6. The lowest BCUT2D eigenvalue weighted by Crippen LogP contribution is -2.38. The zero-order valence-corrected chi connectivity index (χ0v) is 15.9. The van der Waals surface area contributed by atoms with Gasteiger partial charge in [0.15, 0.2) is 0 Å². The molecule has 2 aliphatic rings. The molecule has 1 aromatic heterocycles. The first-order valence-corrected chi connectivity index (χ1v) is 10.9. The van der Waals surface area contributed by atoms with E-state index in [0.29, 0.717) is 17.4 Å². The van der Waals surface area contributed by atoms with Gasteiger partial charge in [0.2, 0.25) is 9.47 Å². The SMILES string of the molecule is Cc1ccccc1C(=O)Nc1nnc(S(=O)(=O)N[C@@H]2C[C@@H]3CC[C@@H]2C3)s1. The second-order valence-corrected chi connectivity index (χ2v) is 9.91. The van der Waals surface area contributed by atoms with Crippen molar-refractivity contribution < 1.29 is 13.2 Å². The molecule has 2 fully saturated rings. The first-order chi connectivity index (χ1) is 12.4. The average molecular weight is 393 g/mol. The minimum absolute atomic E-state index is 0.00680. The Labute approximate surface area is 156 Å². The Morgan fingerprint density at radius 2 is 2.00 bits per heavy atom. The van der Waals surface area contributed by atoms with Gasteiger partial charge in [-0.05, 0) is 49.7 Å². The molecular weight excluding hydrogens is 372 g/mol. The van der Waals surface area contributed by atoms with Crippen LogP contribution in [0.4, 0.5) is 5.13 Å². The molecule has 9 heteroatoms. The minimum Gasteiger partial charge on any atom is -0.296 e. The molecule has 4 rings (SSSR count). The number of hydrogen-bond acceptors (Lipinski definition) is 6. The zero-order chi connectivity index (χ0) is 18.3. The van der Waals surface area contributed by atoms with Crippen molar-refractivity contribution in [3.8, 4) is 0 Å². The molecule has 2 saturated carbocycles. The van der Waals surface area contributed by atoms with Crippen LogP contribution in [0.25, 0.3) is 0 Å². The Morgan fingerprint density at radius 1 is 1.19 bits per heavy atom. The van der Waals surface area contributed by atoms with Crippen LogP contribution in [0.15, 0.2) is 28.6 Å². The van der Waals surface area contributed by atoms with Crippen molar-refractivity contribution >= 4 is 32.4 Å². The van der Waals surface area contributed by atoms with Crippen LogP contribution in [0.2, 0.25) is 0 Å². The van der Waals surface area contributed by atoms with Crippen LogP contribution in [0.1, 0.15) is 41.6 Å². The number of fused-ring (bicyclic) bond motifs is 2. The molecule has 2 aliphatic carbocycles. The van der Waals surface area contributed by atoms with Gasteiger partial charge in [0.1, 0.15) is 0 Å². The third-order valence-electron chi connectivity index (χ3n) is 5.29. The standard InChI is InChI=1S/C17H20N4O3S2/c1-10-4-2-3-5-13(10)15(22)18-16-19-20-17(25-16)26(23,24)21-14-9-11-6-7-12(14)8-11/h2-5,11-12,14,21H,6-9H2,1H3,(H,18,19,22)/t11-,12-,14-/m1/s1. The molecule has 0 spiro atoms. The van der Waals surface area contributed by atoms with Crippen molar-refractivity contribution in [3.05, 3.63) is 35.4 Å². The number of anilines is 1. The molecule has 0 saturated heterocycles. The summed E-state index contributed by atoms with van der Waals surface area (Å²) in [6, 6.07) is 7.16. The summed E-state index contributed by atoms with van der Waals surface area (Å²) in [7, 11) is -3.71. The van der Waals surface area contributed by atoms with Crippen LogP contribution in [-0.2, 0) is 10.0 Å². The third kappa shape index (κ3) is 3.38. The summed E-state index contributed by atoms with van der Waals surface area (Å²) >= 11 is 0.867. The minimum atomic E-state index is -3.71. The van der Waals surface area contributed by atoms with E-state index in [1.54, 1.807) is 12.1 Å². The van der Waals surface area contributed by atoms with E-state index >= 15 is 0 Å². The van der Waals surface area contributed by atoms with Crippen LogP contribution < -0.4 is 10.0 Å². The van der Waals surface area contributed by atoms with Gasteiger partial charge in [-0.3, -0.25) is 10.1 Å². The molecule has 1 heterocycles. The number of aromatic nitrogens is 2. The number of carbonyl (C=O) groups excluding carboxylic acids is 1. The van der Waals surface area contributed by atoms with Crippen molar-refractivity contribution in [1.82, 2.24) is 14.9 Å². The number of rotatable bonds is 5. The Kier molecular flexibility index (Phi) is 4.54. The maximum absolute atomic E-state index is 12.6. The lowest BCUT2D eigenvalue weighted by atomic mass is 9.96. The predicted molar refractivity (Wildman–Crippen MR) is 98.6 cm³/mol. The molecule has 26 heavy (non-hydrogen) atoms. The lowest BCUT2D eigenvalue weighted by molar-refractivity contribution is 0.102. The normalized spacial score (nSPS) is 24.7. The van der Waals surface area contributed by atoms with Gasteiger partial charge >= 0.3 is 0 Å².